The van der Waals surface area contributed by atoms with E-state index in [1.807, 2.05) is 0 Å². The standard InChI is InChI=1S/C36H76N/c1-5-9-13-17-20-22-23-25-28-32-36-37(33-29-16-12-8-4,34-30-26-19-15-11-7-3)35-31-27-24-21-18-14-10-6-2/h5-36H2,1-4H3/q+1. The van der Waals surface area contributed by atoms with Crippen LogP contribution < -0.4 is 0 Å². The molecule has 0 rings (SSSR count). The fourth-order valence-corrected chi connectivity index (χ4v) is 6.29. The van der Waals surface area contributed by atoms with Gasteiger partial charge in [-0.2, -0.15) is 0 Å². The smallest absolute Gasteiger partial charge is 0.0786 e. The first kappa shape index (κ1) is 37.0. The molecular weight excluding hydrogens is 446 g/mol. The van der Waals surface area contributed by atoms with Crippen LogP contribution in [0.1, 0.15) is 207 Å². The van der Waals surface area contributed by atoms with Gasteiger partial charge in [-0.25, -0.2) is 0 Å². The summed E-state index contributed by atoms with van der Waals surface area (Å²) in [7, 11) is 0. The van der Waals surface area contributed by atoms with Crippen LogP contribution in [0.25, 0.3) is 0 Å². The predicted octanol–water partition coefficient (Wildman–Crippen LogP) is 12.8. The molecule has 0 aromatic carbocycles. The lowest BCUT2D eigenvalue weighted by Gasteiger charge is -2.40. The van der Waals surface area contributed by atoms with E-state index in [2.05, 4.69) is 27.7 Å². The lowest BCUT2D eigenvalue weighted by atomic mass is 10.0. The zero-order valence-corrected chi connectivity index (χ0v) is 27.1. The molecule has 0 spiro atoms. The van der Waals surface area contributed by atoms with Crippen molar-refractivity contribution >= 4 is 0 Å². The van der Waals surface area contributed by atoms with Gasteiger partial charge in [0.1, 0.15) is 0 Å². The third-order valence-electron chi connectivity index (χ3n) is 8.94. The van der Waals surface area contributed by atoms with Gasteiger partial charge in [-0.3, -0.25) is 0 Å². The predicted molar refractivity (Wildman–Crippen MR) is 172 cm³/mol. The molecule has 37 heavy (non-hydrogen) atoms. The first-order valence-electron chi connectivity index (χ1n) is 18.1. The van der Waals surface area contributed by atoms with Crippen molar-refractivity contribution in [3.05, 3.63) is 0 Å². The minimum Gasteiger partial charge on any atom is -0.324 e. The summed E-state index contributed by atoms with van der Waals surface area (Å²) in [5.74, 6) is 0. The molecule has 0 aliphatic rings. The Morgan fingerprint density at radius 2 is 0.378 bits per heavy atom. The summed E-state index contributed by atoms with van der Waals surface area (Å²) in [6.45, 7) is 15.3. The lowest BCUT2D eigenvalue weighted by Crippen LogP contribution is -2.50. The van der Waals surface area contributed by atoms with Crippen LogP contribution >= 0.6 is 0 Å². The zero-order valence-electron chi connectivity index (χ0n) is 27.1. The molecule has 0 amide bonds. The average molecular weight is 523 g/mol. The van der Waals surface area contributed by atoms with Gasteiger partial charge in [-0.1, -0.05) is 156 Å². The largest absolute Gasteiger partial charge is 0.324 e. The second-order valence-corrected chi connectivity index (χ2v) is 12.7. The van der Waals surface area contributed by atoms with Crippen LogP contribution in [0, 0.1) is 0 Å². The molecule has 0 aliphatic carbocycles. The first-order chi connectivity index (χ1) is 18.2. The fraction of sp³-hybridized carbons (Fsp3) is 1.00. The third-order valence-corrected chi connectivity index (χ3v) is 8.94. The summed E-state index contributed by atoms with van der Waals surface area (Å²) >= 11 is 0. The summed E-state index contributed by atoms with van der Waals surface area (Å²) in [5, 5.41) is 0. The maximum atomic E-state index is 2.36. The molecule has 0 saturated carbocycles. The van der Waals surface area contributed by atoms with Gasteiger partial charge in [0, 0.05) is 0 Å². The van der Waals surface area contributed by atoms with E-state index in [0.29, 0.717) is 0 Å². The number of nitrogens with zero attached hydrogens (tertiary/aromatic N) is 1. The second kappa shape index (κ2) is 30.5. The van der Waals surface area contributed by atoms with Crippen LogP contribution in [0.5, 0.6) is 0 Å². The number of quaternary nitrogens is 1. The summed E-state index contributed by atoms with van der Waals surface area (Å²) in [5.41, 5.74) is 0. The first-order valence-corrected chi connectivity index (χ1v) is 18.1. The third kappa shape index (κ3) is 26.0. The molecule has 0 N–H and O–H groups in total. The zero-order chi connectivity index (χ0) is 27.1. The summed E-state index contributed by atoms with van der Waals surface area (Å²) in [4.78, 5) is 0. The molecule has 1 unspecified atom stereocenters. The van der Waals surface area contributed by atoms with Crippen LogP contribution in [-0.4, -0.2) is 30.7 Å². The van der Waals surface area contributed by atoms with Gasteiger partial charge in [-0.15, -0.1) is 0 Å². The van der Waals surface area contributed by atoms with Crippen molar-refractivity contribution in [2.24, 2.45) is 0 Å². The molecular formula is C36H76N+. The van der Waals surface area contributed by atoms with E-state index >= 15 is 0 Å². The molecule has 0 fully saturated rings. The highest BCUT2D eigenvalue weighted by Crippen LogP contribution is 2.21. The molecule has 0 aromatic rings. The molecule has 1 heteroatoms. The van der Waals surface area contributed by atoms with Gasteiger partial charge in [-0.05, 0) is 51.4 Å². The number of hydrogen-bond acceptors (Lipinski definition) is 0. The van der Waals surface area contributed by atoms with Crippen molar-refractivity contribution in [1.29, 1.82) is 0 Å². The SMILES string of the molecule is CCCCCCCCCCCC[N+](CCCCCC)(CCCCCCCC)CCCCCCCCCC. The Balaban J connectivity index is 4.62. The van der Waals surface area contributed by atoms with Crippen LogP contribution in [0.2, 0.25) is 0 Å². The van der Waals surface area contributed by atoms with Gasteiger partial charge < -0.3 is 4.48 Å². The quantitative estimate of drug-likeness (QED) is 0.0608. The highest BCUT2D eigenvalue weighted by atomic mass is 15.3. The molecule has 0 saturated heterocycles. The molecule has 1 atom stereocenters. The van der Waals surface area contributed by atoms with E-state index in [-0.39, 0.29) is 0 Å². The van der Waals surface area contributed by atoms with E-state index in [1.165, 1.54) is 210 Å². The van der Waals surface area contributed by atoms with Gasteiger partial charge >= 0.3 is 0 Å². The van der Waals surface area contributed by atoms with E-state index in [9.17, 15) is 0 Å². The van der Waals surface area contributed by atoms with E-state index in [0.717, 1.165) is 0 Å². The summed E-state index contributed by atoms with van der Waals surface area (Å²) < 4.78 is 1.48. The topological polar surface area (TPSA) is 0 Å². The van der Waals surface area contributed by atoms with Crippen LogP contribution in [-0.2, 0) is 0 Å². The lowest BCUT2D eigenvalue weighted by molar-refractivity contribution is -0.929. The van der Waals surface area contributed by atoms with E-state index < -0.39 is 0 Å². The second-order valence-electron chi connectivity index (χ2n) is 12.7. The highest BCUT2D eigenvalue weighted by molar-refractivity contribution is 4.55. The van der Waals surface area contributed by atoms with Crippen molar-refractivity contribution < 1.29 is 4.48 Å². The molecule has 0 heterocycles. The normalized spacial score (nSPS) is 13.3. The minimum absolute atomic E-state index is 1.37. The van der Waals surface area contributed by atoms with Gasteiger partial charge in [0.25, 0.3) is 0 Å². The Labute approximate surface area is 237 Å². The Hall–Kier alpha value is -0.0400. The van der Waals surface area contributed by atoms with Crippen LogP contribution in [0.3, 0.4) is 0 Å². The van der Waals surface area contributed by atoms with E-state index in [4.69, 9.17) is 0 Å². The summed E-state index contributed by atoms with van der Waals surface area (Å²) in [6, 6.07) is 0. The maximum absolute atomic E-state index is 2.36. The monoisotopic (exact) mass is 523 g/mol. The number of rotatable bonds is 32. The maximum Gasteiger partial charge on any atom is 0.0786 e. The van der Waals surface area contributed by atoms with Crippen molar-refractivity contribution in [2.45, 2.75) is 207 Å². The fourth-order valence-electron chi connectivity index (χ4n) is 6.29. The van der Waals surface area contributed by atoms with Crippen molar-refractivity contribution in [3.63, 3.8) is 0 Å². The van der Waals surface area contributed by atoms with Gasteiger partial charge in [0.05, 0.1) is 26.2 Å². The molecule has 224 valence electrons. The summed E-state index contributed by atoms with van der Waals surface area (Å²) in [6.07, 6.45) is 40.8. The van der Waals surface area contributed by atoms with Gasteiger partial charge in [0.15, 0.2) is 0 Å². The molecule has 0 aliphatic heterocycles. The van der Waals surface area contributed by atoms with Crippen molar-refractivity contribution in [3.8, 4) is 0 Å². The van der Waals surface area contributed by atoms with Crippen LogP contribution in [0.15, 0.2) is 0 Å². The molecule has 0 aromatic heterocycles. The van der Waals surface area contributed by atoms with Crippen molar-refractivity contribution in [2.75, 3.05) is 26.2 Å². The molecule has 0 radical (unpaired) electrons. The Bertz CT molecular complexity index is 405. The number of hydrogen-bond donors (Lipinski definition) is 0. The Kier molecular flexibility index (Phi) is 30.5. The Morgan fingerprint density at radius 3 is 0.595 bits per heavy atom. The van der Waals surface area contributed by atoms with Crippen molar-refractivity contribution in [1.82, 2.24) is 0 Å². The molecule has 0 bridgehead atoms. The number of unbranched alkanes of at least 4 members (excludes halogenated alkanes) is 24. The average Bonchev–Trinajstić information content (AvgIpc) is 2.91. The Morgan fingerprint density at radius 1 is 0.216 bits per heavy atom. The minimum atomic E-state index is 1.37. The molecule has 1 nitrogen and oxygen atoms in total. The van der Waals surface area contributed by atoms with Gasteiger partial charge in [0.2, 0.25) is 0 Å². The van der Waals surface area contributed by atoms with Crippen LogP contribution in [0.4, 0.5) is 0 Å². The van der Waals surface area contributed by atoms with E-state index in [1.54, 1.807) is 0 Å². The highest BCUT2D eigenvalue weighted by Gasteiger charge is 2.25.